The molecule has 172 valence electrons. The minimum absolute atomic E-state index is 0.0766. The van der Waals surface area contributed by atoms with Crippen molar-refractivity contribution in [3.05, 3.63) is 66.0 Å². The summed E-state index contributed by atoms with van der Waals surface area (Å²) in [7, 11) is 0. The van der Waals surface area contributed by atoms with Crippen LogP contribution in [0, 0.1) is 17.7 Å². The Labute approximate surface area is 193 Å². The summed E-state index contributed by atoms with van der Waals surface area (Å²) in [6.45, 7) is 10.7. The summed E-state index contributed by atoms with van der Waals surface area (Å²) in [5, 5.41) is 0. The predicted octanol–water partition coefficient (Wildman–Crippen LogP) is 7.56. The van der Waals surface area contributed by atoms with Gasteiger partial charge in [0.2, 0.25) is 0 Å². The first-order valence-electron chi connectivity index (χ1n) is 11.5. The van der Waals surface area contributed by atoms with Crippen LogP contribution in [0.3, 0.4) is 0 Å². The van der Waals surface area contributed by atoms with Gasteiger partial charge in [-0.1, -0.05) is 62.2 Å². The molecule has 0 aliphatic carbocycles. The Kier molecular flexibility index (Phi) is 15.0. The number of halogens is 1. The van der Waals surface area contributed by atoms with E-state index >= 15 is 0 Å². The molecule has 4 heteroatoms. The number of ketones is 1. The van der Waals surface area contributed by atoms with Crippen LogP contribution in [-0.4, -0.2) is 18.1 Å². The second kappa shape index (κ2) is 17.0. The molecule has 0 radical (unpaired) electrons. The fraction of sp³-hybridized carbons (Fsp3) is 0.519. The van der Waals surface area contributed by atoms with Gasteiger partial charge in [-0.3, -0.25) is 9.52 Å². The number of hydrogen-bond donors (Lipinski definition) is 1. The average molecular weight is 446 g/mol. The quantitative estimate of drug-likeness (QED) is 0.152. The largest absolute Gasteiger partial charge is 0.300 e. The van der Waals surface area contributed by atoms with Gasteiger partial charge >= 0.3 is 0 Å². The Morgan fingerprint density at radius 2 is 1.97 bits per heavy atom. The third-order valence-electron chi connectivity index (χ3n) is 5.06. The number of rotatable bonds is 17. The van der Waals surface area contributed by atoms with Crippen molar-refractivity contribution in [1.29, 1.82) is 0 Å². The van der Waals surface area contributed by atoms with Gasteiger partial charge in [0.1, 0.15) is 11.6 Å². The summed E-state index contributed by atoms with van der Waals surface area (Å²) >= 11 is 1.75. The molecule has 1 rings (SSSR count). The Morgan fingerprint density at radius 3 is 2.68 bits per heavy atom. The van der Waals surface area contributed by atoms with Gasteiger partial charge in [-0.25, -0.2) is 4.39 Å². The lowest BCUT2D eigenvalue weighted by Gasteiger charge is -2.07. The molecule has 0 aromatic heterocycles. The van der Waals surface area contributed by atoms with Crippen molar-refractivity contribution in [3.8, 4) is 0 Å². The summed E-state index contributed by atoms with van der Waals surface area (Å²) in [5.74, 6) is 1.78. The molecule has 2 nitrogen and oxygen atoms in total. The van der Waals surface area contributed by atoms with E-state index in [1.165, 1.54) is 5.56 Å². The van der Waals surface area contributed by atoms with Crippen molar-refractivity contribution in [3.63, 3.8) is 0 Å². The standard InChI is InChI=1S/C27H40FNOS/c1-5-12-25(23(4)30)15-7-6-10-20-31-29-19-9-8-14-24-17-18-27(28)26(21-24)16-11-13-22(2)3/h5-7,11,16-18,21-22,25,29H,1,8-10,12-15,19-20H2,2-4H3/b7-6+,16-11-. The van der Waals surface area contributed by atoms with Gasteiger partial charge in [0, 0.05) is 23.8 Å². The van der Waals surface area contributed by atoms with E-state index in [9.17, 15) is 9.18 Å². The summed E-state index contributed by atoms with van der Waals surface area (Å²) in [6, 6.07) is 5.46. The van der Waals surface area contributed by atoms with E-state index in [2.05, 4.69) is 43.4 Å². The first-order chi connectivity index (χ1) is 14.9. The molecule has 0 heterocycles. The van der Waals surface area contributed by atoms with Crippen molar-refractivity contribution in [2.45, 2.75) is 65.7 Å². The van der Waals surface area contributed by atoms with Gasteiger partial charge in [-0.15, -0.1) is 6.58 Å². The minimum atomic E-state index is -0.145. The Morgan fingerprint density at radius 1 is 1.16 bits per heavy atom. The molecule has 1 unspecified atom stereocenters. The van der Waals surface area contributed by atoms with Gasteiger partial charge in [0.05, 0.1) is 0 Å². The Hall–Kier alpha value is -1.65. The van der Waals surface area contributed by atoms with Gasteiger partial charge < -0.3 is 0 Å². The van der Waals surface area contributed by atoms with Gasteiger partial charge in [0.15, 0.2) is 0 Å². The Balaban J connectivity index is 2.15. The van der Waals surface area contributed by atoms with Crippen LogP contribution in [0.15, 0.2) is 49.1 Å². The molecule has 0 saturated heterocycles. The fourth-order valence-corrected chi connectivity index (χ4v) is 3.84. The summed E-state index contributed by atoms with van der Waals surface area (Å²) < 4.78 is 17.4. The van der Waals surface area contributed by atoms with Crippen molar-refractivity contribution in [1.82, 2.24) is 4.72 Å². The van der Waals surface area contributed by atoms with Crippen LogP contribution in [0.2, 0.25) is 0 Å². The summed E-state index contributed by atoms with van der Waals surface area (Å²) in [6.07, 6.45) is 16.8. The zero-order chi connectivity index (χ0) is 22.9. The highest BCUT2D eigenvalue weighted by atomic mass is 32.2. The second-order valence-electron chi connectivity index (χ2n) is 8.42. The lowest BCUT2D eigenvalue weighted by Crippen LogP contribution is -2.08. The van der Waals surface area contributed by atoms with Crippen LogP contribution < -0.4 is 4.72 Å². The lowest BCUT2D eigenvalue weighted by atomic mass is 9.97. The molecule has 0 aliphatic rings. The number of aryl methyl sites for hydroxylation is 1. The normalized spacial score (nSPS) is 12.8. The molecule has 1 N–H and O–H groups in total. The molecule has 1 aromatic rings. The number of carbonyl (C=O) groups is 1. The number of Topliss-reactive ketones (excluding diaryl/α,β-unsaturated/α-hetero) is 1. The number of nitrogens with one attached hydrogen (secondary N) is 1. The highest BCUT2D eigenvalue weighted by Gasteiger charge is 2.09. The zero-order valence-electron chi connectivity index (χ0n) is 19.5. The number of unbranched alkanes of at least 4 members (excludes halogenated alkanes) is 1. The zero-order valence-corrected chi connectivity index (χ0v) is 20.4. The molecular weight excluding hydrogens is 405 g/mol. The number of hydrogen-bond acceptors (Lipinski definition) is 3. The maximum absolute atomic E-state index is 14.0. The molecule has 0 spiro atoms. The van der Waals surface area contributed by atoms with E-state index in [0.29, 0.717) is 11.5 Å². The molecule has 31 heavy (non-hydrogen) atoms. The van der Waals surface area contributed by atoms with Crippen molar-refractivity contribution in [2.24, 2.45) is 11.8 Å². The van der Waals surface area contributed by atoms with Crippen molar-refractivity contribution >= 4 is 23.8 Å². The number of benzene rings is 1. The van der Waals surface area contributed by atoms with E-state index in [1.54, 1.807) is 24.9 Å². The SMILES string of the molecule is C=CCC(C/C=C/CCSNCCCCc1ccc(F)c(/C=C\CC(C)C)c1)C(C)=O. The van der Waals surface area contributed by atoms with Crippen molar-refractivity contribution in [2.75, 3.05) is 12.3 Å². The van der Waals surface area contributed by atoms with E-state index in [4.69, 9.17) is 0 Å². The average Bonchev–Trinajstić information content (AvgIpc) is 2.72. The van der Waals surface area contributed by atoms with Crippen LogP contribution in [0.5, 0.6) is 0 Å². The van der Waals surface area contributed by atoms with Gasteiger partial charge in [-0.2, -0.15) is 0 Å². The molecule has 0 amide bonds. The molecule has 0 saturated carbocycles. The van der Waals surface area contributed by atoms with E-state index < -0.39 is 0 Å². The minimum Gasteiger partial charge on any atom is -0.300 e. The summed E-state index contributed by atoms with van der Waals surface area (Å²) in [5.41, 5.74) is 1.89. The first kappa shape index (κ1) is 27.4. The number of allylic oxidation sites excluding steroid dienone is 4. The third-order valence-corrected chi connectivity index (χ3v) is 5.91. The monoisotopic (exact) mass is 445 g/mol. The first-order valence-corrected chi connectivity index (χ1v) is 12.5. The molecule has 0 fully saturated rings. The second-order valence-corrected chi connectivity index (χ2v) is 9.40. The topological polar surface area (TPSA) is 29.1 Å². The lowest BCUT2D eigenvalue weighted by molar-refractivity contribution is -0.120. The van der Waals surface area contributed by atoms with Gasteiger partial charge in [-0.05, 0) is 75.5 Å². The fourth-order valence-electron chi connectivity index (χ4n) is 3.15. The number of carbonyl (C=O) groups excluding carboxylic acids is 1. The maximum Gasteiger partial charge on any atom is 0.133 e. The maximum atomic E-state index is 14.0. The van der Waals surface area contributed by atoms with Crippen molar-refractivity contribution < 1.29 is 9.18 Å². The highest BCUT2D eigenvalue weighted by molar-refractivity contribution is 7.97. The van der Waals surface area contributed by atoms with E-state index in [-0.39, 0.29) is 17.5 Å². The van der Waals surface area contributed by atoms with Crippen LogP contribution in [-0.2, 0) is 11.2 Å². The van der Waals surface area contributed by atoms with Crippen LogP contribution in [0.4, 0.5) is 4.39 Å². The third kappa shape index (κ3) is 13.4. The summed E-state index contributed by atoms with van der Waals surface area (Å²) in [4.78, 5) is 11.5. The smallest absolute Gasteiger partial charge is 0.133 e. The molecule has 1 aromatic carbocycles. The van der Waals surface area contributed by atoms with Crippen LogP contribution >= 0.6 is 11.9 Å². The molecule has 0 aliphatic heterocycles. The highest BCUT2D eigenvalue weighted by Crippen LogP contribution is 2.16. The van der Waals surface area contributed by atoms with E-state index in [1.807, 2.05) is 24.3 Å². The van der Waals surface area contributed by atoms with Crippen LogP contribution in [0.1, 0.15) is 70.4 Å². The molecule has 0 bridgehead atoms. The van der Waals surface area contributed by atoms with Gasteiger partial charge in [0.25, 0.3) is 0 Å². The van der Waals surface area contributed by atoms with E-state index in [0.717, 1.165) is 57.2 Å². The molecular formula is C27H40FNOS. The van der Waals surface area contributed by atoms with Crippen LogP contribution in [0.25, 0.3) is 6.08 Å². The Bertz CT molecular complexity index is 711. The predicted molar refractivity (Wildman–Crippen MR) is 136 cm³/mol. The molecule has 1 atom stereocenters.